The van der Waals surface area contributed by atoms with Crippen LogP contribution in [0.15, 0.2) is 6.07 Å². The molecule has 0 aromatic heterocycles. The Balaban J connectivity index is 3.18. The van der Waals surface area contributed by atoms with Crippen LogP contribution in [0, 0.1) is 28.8 Å². The molecule has 0 N–H and O–H groups in total. The molecule has 1 aromatic rings. The van der Waals surface area contributed by atoms with E-state index < -0.39 is 28.8 Å². The van der Waals surface area contributed by atoms with Gasteiger partial charge in [-0.3, -0.25) is 0 Å². The van der Waals surface area contributed by atoms with E-state index in [4.69, 9.17) is 10.00 Å². The Morgan fingerprint density at radius 1 is 1.27 bits per heavy atom. The third-order valence-corrected chi connectivity index (χ3v) is 1.70. The number of ether oxygens (including phenoxy) is 1. The second-order valence-electron chi connectivity index (χ2n) is 2.82. The zero-order chi connectivity index (χ0) is 11.4. The largest absolute Gasteiger partial charge is 0.490 e. The van der Waals surface area contributed by atoms with Gasteiger partial charge in [0.2, 0.25) is 5.82 Å². The fraction of sp³-hybridized carbons (Fsp3) is 0.300. The van der Waals surface area contributed by atoms with Gasteiger partial charge in [0.25, 0.3) is 0 Å². The summed E-state index contributed by atoms with van der Waals surface area (Å²) < 4.78 is 43.6. The van der Waals surface area contributed by atoms with Crippen LogP contribution in [0.2, 0.25) is 0 Å². The zero-order valence-electron chi connectivity index (χ0n) is 7.98. The summed E-state index contributed by atoms with van der Waals surface area (Å²) in [6, 6.07) is 2.27. The first-order valence-corrected chi connectivity index (χ1v) is 4.32. The number of hydrogen-bond acceptors (Lipinski definition) is 2. The predicted molar refractivity (Wildman–Crippen MR) is 46.8 cm³/mol. The highest BCUT2D eigenvalue weighted by atomic mass is 19.2. The highest BCUT2D eigenvalue weighted by Gasteiger charge is 2.19. The molecule has 0 saturated carbocycles. The molecule has 0 atom stereocenters. The number of nitriles is 1. The maximum Gasteiger partial charge on any atom is 0.203 e. The lowest BCUT2D eigenvalue weighted by molar-refractivity contribution is 0.291. The molecular formula is C10H8F3NO. The Hall–Kier alpha value is -1.70. The number of rotatable bonds is 3. The first-order valence-electron chi connectivity index (χ1n) is 4.32. The minimum atomic E-state index is -1.68. The van der Waals surface area contributed by atoms with E-state index >= 15 is 0 Å². The summed E-state index contributed by atoms with van der Waals surface area (Å²) in [4.78, 5) is 0. The van der Waals surface area contributed by atoms with Crippen LogP contribution in [0.1, 0.15) is 18.9 Å². The molecule has 0 saturated heterocycles. The van der Waals surface area contributed by atoms with Crippen LogP contribution in [0.25, 0.3) is 0 Å². The molecule has 0 aliphatic rings. The smallest absolute Gasteiger partial charge is 0.203 e. The van der Waals surface area contributed by atoms with E-state index in [0.717, 1.165) is 6.07 Å². The van der Waals surface area contributed by atoms with Gasteiger partial charge in [-0.05, 0) is 6.42 Å². The molecule has 0 aliphatic heterocycles. The van der Waals surface area contributed by atoms with Crippen LogP contribution in [0.4, 0.5) is 13.2 Å². The van der Waals surface area contributed by atoms with Gasteiger partial charge in [0.15, 0.2) is 17.4 Å². The van der Waals surface area contributed by atoms with Gasteiger partial charge in [0.1, 0.15) is 6.07 Å². The Bertz CT molecular complexity index is 412. The van der Waals surface area contributed by atoms with Gasteiger partial charge in [-0.1, -0.05) is 6.92 Å². The second kappa shape index (κ2) is 4.69. The van der Waals surface area contributed by atoms with Gasteiger partial charge in [0.05, 0.1) is 12.2 Å². The average molecular weight is 215 g/mol. The number of halogens is 3. The van der Waals surface area contributed by atoms with Crippen LogP contribution < -0.4 is 4.74 Å². The van der Waals surface area contributed by atoms with Crippen molar-refractivity contribution >= 4 is 0 Å². The SMILES string of the molecule is CCCOc1cc(C#N)c(F)c(F)c1F. The third kappa shape index (κ3) is 2.21. The van der Waals surface area contributed by atoms with E-state index in [1.54, 1.807) is 6.92 Å². The van der Waals surface area contributed by atoms with Crippen LogP contribution in [-0.4, -0.2) is 6.61 Å². The summed E-state index contributed by atoms with van der Waals surface area (Å²) in [6.45, 7) is 1.95. The van der Waals surface area contributed by atoms with Crippen molar-refractivity contribution in [1.82, 2.24) is 0 Å². The summed E-state index contributed by atoms with van der Waals surface area (Å²) >= 11 is 0. The van der Waals surface area contributed by atoms with Crippen molar-refractivity contribution in [2.45, 2.75) is 13.3 Å². The molecule has 0 spiro atoms. The average Bonchev–Trinajstić information content (AvgIpc) is 2.25. The lowest BCUT2D eigenvalue weighted by Gasteiger charge is -2.07. The van der Waals surface area contributed by atoms with E-state index in [1.807, 2.05) is 0 Å². The minimum Gasteiger partial charge on any atom is -0.490 e. The Kier molecular flexibility index (Phi) is 3.56. The van der Waals surface area contributed by atoms with Crippen LogP contribution in [0.5, 0.6) is 5.75 Å². The van der Waals surface area contributed by atoms with Crippen LogP contribution >= 0.6 is 0 Å². The normalized spacial score (nSPS) is 9.80. The first-order chi connectivity index (χ1) is 7.11. The van der Waals surface area contributed by atoms with Crippen molar-refractivity contribution in [3.8, 4) is 11.8 Å². The van der Waals surface area contributed by atoms with E-state index in [2.05, 4.69) is 0 Å². The molecule has 0 fully saturated rings. The van der Waals surface area contributed by atoms with E-state index in [1.165, 1.54) is 6.07 Å². The van der Waals surface area contributed by atoms with Gasteiger partial charge in [-0.25, -0.2) is 8.78 Å². The topological polar surface area (TPSA) is 33.0 Å². The van der Waals surface area contributed by atoms with Crippen molar-refractivity contribution in [3.05, 3.63) is 29.1 Å². The molecule has 1 rings (SSSR count). The molecule has 0 amide bonds. The highest BCUT2D eigenvalue weighted by molar-refractivity contribution is 5.39. The first kappa shape index (κ1) is 11.4. The Morgan fingerprint density at radius 3 is 2.47 bits per heavy atom. The molecule has 2 nitrogen and oxygen atoms in total. The summed E-state index contributed by atoms with van der Waals surface area (Å²) in [5.41, 5.74) is -0.569. The highest BCUT2D eigenvalue weighted by Crippen LogP contribution is 2.25. The molecule has 0 aliphatic carbocycles. The fourth-order valence-corrected chi connectivity index (χ4v) is 0.979. The van der Waals surface area contributed by atoms with Crippen LogP contribution in [0.3, 0.4) is 0 Å². The number of nitrogens with zero attached hydrogens (tertiary/aromatic N) is 1. The van der Waals surface area contributed by atoms with Crippen molar-refractivity contribution in [2.75, 3.05) is 6.61 Å². The van der Waals surface area contributed by atoms with E-state index in [0.29, 0.717) is 6.42 Å². The quantitative estimate of drug-likeness (QED) is 0.726. The summed E-state index contributed by atoms with van der Waals surface area (Å²) in [7, 11) is 0. The minimum absolute atomic E-state index is 0.173. The maximum atomic E-state index is 13.1. The lowest BCUT2D eigenvalue weighted by Crippen LogP contribution is -2.03. The third-order valence-electron chi connectivity index (χ3n) is 1.70. The standard InChI is InChI=1S/C10H8F3NO/c1-2-3-15-7-4-6(5-14)8(11)10(13)9(7)12/h4H,2-3H2,1H3. The summed E-state index contributed by atoms with van der Waals surface area (Å²) in [5.74, 6) is -5.01. The summed E-state index contributed by atoms with van der Waals surface area (Å²) in [6.07, 6.45) is 0.598. The van der Waals surface area contributed by atoms with Gasteiger partial charge >= 0.3 is 0 Å². The molecule has 1 aromatic carbocycles. The molecule has 15 heavy (non-hydrogen) atoms. The molecule has 80 valence electrons. The fourth-order valence-electron chi connectivity index (χ4n) is 0.979. The monoisotopic (exact) mass is 215 g/mol. The van der Waals surface area contributed by atoms with Crippen LogP contribution in [-0.2, 0) is 0 Å². The molecule has 0 unspecified atom stereocenters. The Morgan fingerprint density at radius 2 is 1.93 bits per heavy atom. The van der Waals surface area contributed by atoms with Gasteiger partial charge in [-0.15, -0.1) is 0 Å². The van der Waals surface area contributed by atoms with Gasteiger partial charge < -0.3 is 4.74 Å². The lowest BCUT2D eigenvalue weighted by atomic mass is 10.2. The van der Waals surface area contributed by atoms with Crippen molar-refractivity contribution in [3.63, 3.8) is 0 Å². The predicted octanol–water partition coefficient (Wildman–Crippen LogP) is 2.76. The van der Waals surface area contributed by atoms with Gasteiger partial charge in [0, 0.05) is 6.07 Å². The van der Waals surface area contributed by atoms with Crippen molar-refractivity contribution in [2.24, 2.45) is 0 Å². The zero-order valence-corrected chi connectivity index (χ0v) is 7.98. The number of benzene rings is 1. The Labute approximate surface area is 84.9 Å². The van der Waals surface area contributed by atoms with Gasteiger partial charge in [-0.2, -0.15) is 9.65 Å². The van der Waals surface area contributed by atoms with E-state index in [9.17, 15) is 13.2 Å². The van der Waals surface area contributed by atoms with E-state index in [-0.39, 0.29) is 6.61 Å². The molecular weight excluding hydrogens is 207 g/mol. The molecule has 5 heteroatoms. The van der Waals surface area contributed by atoms with Crippen molar-refractivity contribution < 1.29 is 17.9 Å². The molecule has 0 radical (unpaired) electrons. The number of hydrogen-bond donors (Lipinski definition) is 0. The maximum absolute atomic E-state index is 13.1. The second-order valence-corrected chi connectivity index (χ2v) is 2.82. The summed E-state index contributed by atoms with van der Waals surface area (Å²) in [5, 5.41) is 8.45. The van der Waals surface area contributed by atoms with Crippen molar-refractivity contribution in [1.29, 1.82) is 5.26 Å². The molecule has 0 bridgehead atoms. The molecule has 0 heterocycles.